The van der Waals surface area contributed by atoms with Crippen molar-refractivity contribution in [3.8, 4) is 0 Å². The highest BCUT2D eigenvalue weighted by atomic mass is 19.3. The lowest BCUT2D eigenvalue weighted by Gasteiger charge is -2.19. The van der Waals surface area contributed by atoms with Crippen LogP contribution in [0.1, 0.15) is 43.4 Å². The number of nitrogens with two attached hydrogens (primary N) is 1. The smallest absolute Gasteiger partial charge is 0.276 e. The van der Waals surface area contributed by atoms with Crippen molar-refractivity contribution in [1.29, 1.82) is 0 Å². The fourth-order valence-electron chi connectivity index (χ4n) is 1.78. The average Bonchev–Trinajstić information content (AvgIpc) is 2.28. The Morgan fingerprint density at radius 2 is 2.00 bits per heavy atom. The molecule has 18 heavy (non-hydrogen) atoms. The molecule has 0 saturated heterocycles. The third-order valence-corrected chi connectivity index (χ3v) is 2.81. The lowest BCUT2D eigenvalue weighted by Crippen LogP contribution is -2.18. The summed E-state index contributed by atoms with van der Waals surface area (Å²) in [5, 5.41) is 8.57. The van der Waals surface area contributed by atoms with Gasteiger partial charge in [0.25, 0.3) is 5.92 Å². The molecular weight excluding hydrogens is 243 g/mol. The molecule has 5 heteroatoms. The van der Waals surface area contributed by atoms with Gasteiger partial charge in [-0.05, 0) is 19.8 Å². The van der Waals surface area contributed by atoms with E-state index in [9.17, 15) is 13.2 Å². The molecule has 0 spiro atoms. The van der Waals surface area contributed by atoms with Crippen LogP contribution in [0, 0.1) is 5.82 Å². The van der Waals surface area contributed by atoms with E-state index in [0.29, 0.717) is 0 Å². The molecule has 0 saturated carbocycles. The van der Waals surface area contributed by atoms with Gasteiger partial charge in [0, 0.05) is 24.6 Å². The van der Waals surface area contributed by atoms with Crippen molar-refractivity contribution in [2.45, 2.75) is 38.2 Å². The van der Waals surface area contributed by atoms with E-state index in [1.165, 1.54) is 12.1 Å². The number of rotatable bonds is 6. The van der Waals surface area contributed by atoms with Crippen LogP contribution in [0.4, 0.5) is 13.2 Å². The molecular formula is C13H18F3NO. The number of benzene rings is 1. The topological polar surface area (TPSA) is 46.2 Å². The van der Waals surface area contributed by atoms with E-state index >= 15 is 0 Å². The van der Waals surface area contributed by atoms with Crippen LogP contribution in [-0.2, 0) is 5.92 Å². The first-order chi connectivity index (χ1) is 8.40. The molecule has 0 radical (unpaired) electrons. The van der Waals surface area contributed by atoms with E-state index in [-0.39, 0.29) is 25.0 Å². The van der Waals surface area contributed by atoms with E-state index in [1.54, 1.807) is 6.92 Å². The van der Waals surface area contributed by atoms with Crippen LogP contribution < -0.4 is 5.73 Å². The molecule has 0 amide bonds. The zero-order valence-electron chi connectivity index (χ0n) is 10.3. The average molecular weight is 261 g/mol. The summed E-state index contributed by atoms with van der Waals surface area (Å²) in [4.78, 5) is 0. The molecule has 3 N–H and O–H groups in total. The Labute approximate surface area is 105 Å². The lowest BCUT2D eigenvalue weighted by atomic mass is 9.97. The summed E-state index contributed by atoms with van der Waals surface area (Å²) in [6.07, 6.45) is -0.0532. The van der Waals surface area contributed by atoms with Crippen molar-refractivity contribution in [3.63, 3.8) is 0 Å². The lowest BCUT2D eigenvalue weighted by molar-refractivity contribution is -0.0199. The van der Waals surface area contributed by atoms with Crippen molar-refractivity contribution in [2.75, 3.05) is 6.61 Å². The van der Waals surface area contributed by atoms with Gasteiger partial charge >= 0.3 is 0 Å². The molecule has 2 nitrogen and oxygen atoms in total. The Bertz CT molecular complexity index is 394. The summed E-state index contributed by atoms with van der Waals surface area (Å²) < 4.78 is 41.6. The summed E-state index contributed by atoms with van der Waals surface area (Å²) in [5.74, 6) is -4.16. The Morgan fingerprint density at radius 3 is 2.56 bits per heavy atom. The Hall–Kier alpha value is -1.07. The molecule has 0 aliphatic carbocycles. The normalized spacial score (nSPS) is 13.7. The third-order valence-electron chi connectivity index (χ3n) is 2.81. The second-order valence-electron chi connectivity index (χ2n) is 4.38. The number of halogens is 3. The number of unbranched alkanes of at least 4 members (excludes halogenated alkanes) is 1. The van der Waals surface area contributed by atoms with Crippen molar-refractivity contribution in [1.82, 2.24) is 0 Å². The summed E-state index contributed by atoms with van der Waals surface area (Å²) in [5.41, 5.74) is 5.01. The van der Waals surface area contributed by atoms with Gasteiger partial charge in [-0.25, -0.2) is 13.2 Å². The van der Waals surface area contributed by atoms with Gasteiger partial charge in [-0.3, -0.25) is 0 Å². The number of hydrogen-bond donors (Lipinski definition) is 2. The molecule has 1 rings (SSSR count). The van der Waals surface area contributed by atoms with E-state index in [0.717, 1.165) is 6.07 Å². The van der Waals surface area contributed by atoms with Gasteiger partial charge in [0.1, 0.15) is 5.82 Å². The first-order valence-corrected chi connectivity index (χ1v) is 5.93. The Balaban J connectivity index is 2.97. The minimum atomic E-state index is -3.23. The van der Waals surface area contributed by atoms with E-state index in [2.05, 4.69) is 0 Å². The SMILES string of the molecule is CC(N)c1cccc(C(F)(F)CCCCO)c1F. The summed E-state index contributed by atoms with van der Waals surface area (Å²) in [6, 6.07) is 3.25. The fraction of sp³-hybridized carbons (Fsp3) is 0.538. The highest BCUT2D eigenvalue weighted by Crippen LogP contribution is 2.36. The molecule has 0 bridgehead atoms. The maximum Gasteiger partial charge on any atom is 0.276 e. The van der Waals surface area contributed by atoms with Crippen LogP contribution in [0.15, 0.2) is 18.2 Å². The van der Waals surface area contributed by atoms with Crippen molar-refractivity contribution in [2.24, 2.45) is 5.73 Å². The highest BCUT2D eigenvalue weighted by molar-refractivity contribution is 5.31. The highest BCUT2D eigenvalue weighted by Gasteiger charge is 2.34. The first-order valence-electron chi connectivity index (χ1n) is 5.93. The van der Waals surface area contributed by atoms with Gasteiger partial charge in [0.2, 0.25) is 0 Å². The van der Waals surface area contributed by atoms with Crippen LogP contribution in [-0.4, -0.2) is 11.7 Å². The van der Waals surface area contributed by atoms with Crippen molar-refractivity contribution < 1.29 is 18.3 Å². The molecule has 102 valence electrons. The molecule has 0 fully saturated rings. The fourth-order valence-corrected chi connectivity index (χ4v) is 1.78. The molecule has 1 aromatic carbocycles. The molecule has 0 aliphatic rings. The van der Waals surface area contributed by atoms with Crippen LogP contribution in [0.5, 0.6) is 0 Å². The Kier molecular flexibility index (Phi) is 5.16. The van der Waals surface area contributed by atoms with Crippen LogP contribution in [0.25, 0.3) is 0 Å². The summed E-state index contributed by atoms with van der Waals surface area (Å²) in [7, 11) is 0. The number of aliphatic hydroxyl groups excluding tert-OH is 1. The molecule has 0 aliphatic heterocycles. The van der Waals surface area contributed by atoms with E-state index in [1.807, 2.05) is 0 Å². The maximum absolute atomic E-state index is 13.9. The maximum atomic E-state index is 13.9. The zero-order chi connectivity index (χ0) is 13.8. The van der Waals surface area contributed by atoms with Gasteiger partial charge in [0.15, 0.2) is 0 Å². The quantitative estimate of drug-likeness (QED) is 0.773. The predicted octanol–water partition coefficient (Wildman–Crippen LogP) is 3.10. The second-order valence-corrected chi connectivity index (χ2v) is 4.38. The van der Waals surface area contributed by atoms with Crippen molar-refractivity contribution >= 4 is 0 Å². The van der Waals surface area contributed by atoms with Crippen molar-refractivity contribution in [3.05, 3.63) is 35.1 Å². The molecule has 0 aromatic heterocycles. The second kappa shape index (κ2) is 6.20. The van der Waals surface area contributed by atoms with E-state index < -0.39 is 29.8 Å². The van der Waals surface area contributed by atoms with Crippen LogP contribution in [0.3, 0.4) is 0 Å². The summed E-state index contributed by atoms with van der Waals surface area (Å²) in [6.45, 7) is 1.41. The molecule has 1 aromatic rings. The van der Waals surface area contributed by atoms with Gasteiger partial charge in [0.05, 0.1) is 5.56 Å². The zero-order valence-corrected chi connectivity index (χ0v) is 10.3. The van der Waals surface area contributed by atoms with Crippen LogP contribution in [0.2, 0.25) is 0 Å². The summed E-state index contributed by atoms with van der Waals surface area (Å²) >= 11 is 0. The number of alkyl halides is 2. The minimum absolute atomic E-state index is 0.0920. The third kappa shape index (κ3) is 3.46. The molecule has 1 atom stereocenters. The monoisotopic (exact) mass is 261 g/mol. The van der Waals surface area contributed by atoms with E-state index in [4.69, 9.17) is 10.8 Å². The molecule has 0 heterocycles. The molecule has 1 unspecified atom stereocenters. The predicted molar refractivity (Wildman–Crippen MR) is 63.8 cm³/mol. The minimum Gasteiger partial charge on any atom is -0.396 e. The Morgan fingerprint density at radius 1 is 1.33 bits per heavy atom. The van der Waals surface area contributed by atoms with Crippen LogP contribution >= 0.6 is 0 Å². The standard InChI is InChI=1S/C13H18F3NO/c1-9(17)10-5-4-6-11(12(10)14)13(15,16)7-2-3-8-18/h4-6,9,18H,2-3,7-8,17H2,1H3. The van der Waals surface area contributed by atoms with Gasteiger partial charge < -0.3 is 10.8 Å². The van der Waals surface area contributed by atoms with Gasteiger partial charge in [-0.2, -0.15) is 0 Å². The van der Waals surface area contributed by atoms with Gasteiger partial charge in [-0.1, -0.05) is 18.2 Å². The largest absolute Gasteiger partial charge is 0.396 e. The number of hydrogen-bond acceptors (Lipinski definition) is 2. The number of aliphatic hydroxyl groups is 1. The van der Waals surface area contributed by atoms with Gasteiger partial charge in [-0.15, -0.1) is 0 Å². The first kappa shape index (κ1) is 15.0.